The second kappa shape index (κ2) is 6.27. The van der Waals surface area contributed by atoms with Gasteiger partial charge in [-0.2, -0.15) is 0 Å². The van der Waals surface area contributed by atoms with E-state index in [-0.39, 0.29) is 12.0 Å². The van der Waals surface area contributed by atoms with Crippen molar-refractivity contribution in [2.24, 2.45) is 0 Å². The molecule has 108 valence electrons. The number of likely N-dealkylation sites (tertiary alicyclic amines) is 1. The smallest absolute Gasteiger partial charge is 0.236 e. The van der Waals surface area contributed by atoms with E-state index in [1.807, 2.05) is 35.2 Å². The maximum Gasteiger partial charge on any atom is 0.236 e. The molecule has 2 aliphatic rings. The van der Waals surface area contributed by atoms with E-state index in [0.717, 1.165) is 31.7 Å². The first-order valence-corrected chi connectivity index (χ1v) is 7.54. The maximum absolute atomic E-state index is 12.0. The van der Waals surface area contributed by atoms with Crippen LogP contribution in [0.15, 0.2) is 30.3 Å². The van der Waals surface area contributed by atoms with Crippen LogP contribution in [0.25, 0.3) is 0 Å². The van der Waals surface area contributed by atoms with Crippen LogP contribution < -0.4 is 10.1 Å². The zero-order valence-corrected chi connectivity index (χ0v) is 11.8. The van der Waals surface area contributed by atoms with Crippen LogP contribution in [-0.4, -0.2) is 42.6 Å². The van der Waals surface area contributed by atoms with Crippen molar-refractivity contribution in [2.75, 3.05) is 19.6 Å². The van der Waals surface area contributed by atoms with Crippen LogP contribution in [-0.2, 0) is 4.79 Å². The lowest BCUT2D eigenvalue weighted by molar-refractivity contribution is -0.132. The van der Waals surface area contributed by atoms with Gasteiger partial charge in [-0.3, -0.25) is 4.79 Å². The Morgan fingerprint density at radius 2 is 1.85 bits per heavy atom. The number of benzene rings is 1. The lowest BCUT2D eigenvalue weighted by Crippen LogP contribution is -2.45. The lowest BCUT2D eigenvalue weighted by atomic mass is 10.1. The fourth-order valence-corrected chi connectivity index (χ4v) is 2.55. The number of piperidine rings is 1. The average molecular weight is 274 g/mol. The Balaban J connectivity index is 1.40. The second-order valence-corrected chi connectivity index (χ2v) is 5.67. The van der Waals surface area contributed by atoms with E-state index in [4.69, 9.17) is 4.74 Å². The molecule has 1 amide bonds. The summed E-state index contributed by atoms with van der Waals surface area (Å²) in [6.45, 7) is 2.11. The zero-order chi connectivity index (χ0) is 13.8. The van der Waals surface area contributed by atoms with E-state index in [1.165, 1.54) is 12.8 Å². The van der Waals surface area contributed by atoms with E-state index in [9.17, 15) is 4.79 Å². The molecule has 1 saturated carbocycles. The third-order valence-electron chi connectivity index (χ3n) is 3.96. The van der Waals surface area contributed by atoms with Gasteiger partial charge >= 0.3 is 0 Å². The molecule has 0 aromatic heterocycles. The van der Waals surface area contributed by atoms with Gasteiger partial charge in [0.1, 0.15) is 11.9 Å². The van der Waals surface area contributed by atoms with Gasteiger partial charge in [0.05, 0.1) is 6.54 Å². The van der Waals surface area contributed by atoms with Crippen LogP contribution in [0.5, 0.6) is 5.75 Å². The van der Waals surface area contributed by atoms with Crippen molar-refractivity contribution in [3.8, 4) is 5.75 Å². The molecule has 0 spiro atoms. The molecule has 4 nitrogen and oxygen atoms in total. The summed E-state index contributed by atoms with van der Waals surface area (Å²) < 4.78 is 5.94. The first-order valence-electron chi connectivity index (χ1n) is 7.54. The number of nitrogens with zero attached hydrogens (tertiary/aromatic N) is 1. The summed E-state index contributed by atoms with van der Waals surface area (Å²) in [6.07, 6.45) is 4.52. The number of amides is 1. The molecule has 1 aliphatic carbocycles. The van der Waals surface area contributed by atoms with Crippen LogP contribution in [0.3, 0.4) is 0 Å². The van der Waals surface area contributed by atoms with Crippen molar-refractivity contribution in [3.05, 3.63) is 30.3 Å². The van der Waals surface area contributed by atoms with E-state index in [2.05, 4.69) is 5.32 Å². The monoisotopic (exact) mass is 274 g/mol. The summed E-state index contributed by atoms with van der Waals surface area (Å²) in [5.41, 5.74) is 0. The molecule has 1 N–H and O–H groups in total. The number of para-hydroxylation sites is 1. The average Bonchev–Trinajstić information content (AvgIpc) is 3.31. The van der Waals surface area contributed by atoms with Crippen molar-refractivity contribution < 1.29 is 9.53 Å². The molecule has 0 bridgehead atoms. The van der Waals surface area contributed by atoms with Crippen molar-refractivity contribution >= 4 is 5.91 Å². The lowest BCUT2D eigenvalue weighted by Gasteiger charge is -2.32. The van der Waals surface area contributed by atoms with Crippen LogP contribution >= 0.6 is 0 Å². The van der Waals surface area contributed by atoms with E-state index >= 15 is 0 Å². The predicted octanol–water partition coefficient (Wildman–Crippen LogP) is 1.81. The summed E-state index contributed by atoms with van der Waals surface area (Å²) in [5, 5.41) is 3.28. The Bertz CT molecular complexity index is 437. The number of carbonyl (C=O) groups excluding carboxylic acids is 1. The minimum Gasteiger partial charge on any atom is -0.490 e. The summed E-state index contributed by atoms with van der Waals surface area (Å²) in [7, 11) is 0. The van der Waals surface area contributed by atoms with Crippen LogP contribution in [0, 0.1) is 0 Å². The van der Waals surface area contributed by atoms with Gasteiger partial charge in [0.2, 0.25) is 5.91 Å². The third kappa shape index (κ3) is 3.73. The first kappa shape index (κ1) is 13.4. The molecule has 1 aromatic carbocycles. The largest absolute Gasteiger partial charge is 0.490 e. The highest BCUT2D eigenvalue weighted by molar-refractivity contribution is 5.78. The second-order valence-electron chi connectivity index (χ2n) is 5.67. The van der Waals surface area contributed by atoms with Crippen molar-refractivity contribution in [3.63, 3.8) is 0 Å². The van der Waals surface area contributed by atoms with Crippen LogP contribution in [0.2, 0.25) is 0 Å². The Kier molecular flexibility index (Phi) is 4.21. The summed E-state index contributed by atoms with van der Waals surface area (Å²) in [4.78, 5) is 14.0. The minimum absolute atomic E-state index is 0.232. The number of hydrogen-bond donors (Lipinski definition) is 1. The Labute approximate surface area is 120 Å². The van der Waals surface area contributed by atoms with Gasteiger partial charge in [-0.15, -0.1) is 0 Å². The maximum atomic E-state index is 12.0. The third-order valence-corrected chi connectivity index (χ3v) is 3.96. The predicted molar refractivity (Wildman–Crippen MR) is 77.7 cm³/mol. The molecule has 1 aliphatic heterocycles. The number of ether oxygens (including phenoxy) is 1. The van der Waals surface area contributed by atoms with Gasteiger partial charge in [-0.1, -0.05) is 18.2 Å². The highest BCUT2D eigenvalue weighted by atomic mass is 16.5. The van der Waals surface area contributed by atoms with Gasteiger partial charge in [0.15, 0.2) is 0 Å². The van der Waals surface area contributed by atoms with Crippen molar-refractivity contribution in [1.29, 1.82) is 0 Å². The topological polar surface area (TPSA) is 41.6 Å². The van der Waals surface area contributed by atoms with Gasteiger partial charge < -0.3 is 15.0 Å². The fourth-order valence-electron chi connectivity index (χ4n) is 2.55. The molecule has 2 fully saturated rings. The molecule has 1 saturated heterocycles. The quantitative estimate of drug-likeness (QED) is 0.890. The molecule has 3 rings (SSSR count). The van der Waals surface area contributed by atoms with Crippen molar-refractivity contribution in [2.45, 2.75) is 37.8 Å². The summed E-state index contributed by atoms with van der Waals surface area (Å²) in [5.74, 6) is 1.16. The van der Waals surface area contributed by atoms with Crippen LogP contribution in [0.4, 0.5) is 0 Å². The Hall–Kier alpha value is -1.55. The normalized spacial score (nSPS) is 19.9. The minimum atomic E-state index is 0.232. The number of hydrogen-bond acceptors (Lipinski definition) is 3. The highest BCUT2D eigenvalue weighted by Crippen LogP contribution is 2.20. The Morgan fingerprint density at radius 1 is 1.15 bits per heavy atom. The van der Waals surface area contributed by atoms with Crippen molar-refractivity contribution in [1.82, 2.24) is 10.2 Å². The molecule has 1 heterocycles. The molecular formula is C16H22N2O2. The first-order chi connectivity index (χ1) is 9.81. The van der Waals surface area contributed by atoms with E-state index in [0.29, 0.717) is 12.6 Å². The summed E-state index contributed by atoms with van der Waals surface area (Å²) >= 11 is 0. The molecule has 4 heteroatoms. The molecule has 1 aromatic rings. The molecular weight excluding hydrogens is 252 g/mol. The Morgan fingerprint density at radius 3 is 2.50 bits per heavy atom. The van der Waals surface area contributed by atoms with E-state index in [1.54, 1.807) is 0 Å². The van der Waals surface area contributed by atoms with Gasteiger partial charge in [0.25, 0.3) is 0 Å². The van der Waals surface area contributed by atoms with Crippen LogP contribution in [0.1, 0.15) is 25.7 Å². The standard InChI is InChI=1S/C16H22N2O2/c19-16(12-17-13-6-7-13)18-10-8-15(9-11-18)20-14-4-2-1-3-5-14/h1-5,13,15,17H,6-12H2. The molecule has 0 unspecified atom stereocenters. The van der Waals surface area contributed by atoms with Gasteiger partial charge in [-0.25, -0.2) is 0 Å². The van der Waals surface area contributed by atoms with Gasteiger partial charge in [0, 0.05) is 32.0 Å². The number of nitrogens with one attached hydrogen (secondary N) is 1. The molecule has 0 radical (unpaired) electrons. The zero-order valence-electron chi connectivity index (χ0n) is 11.8. The van der Waals surface area contributed by atoms with Gasteiger partial charge in [-0.05, 0) is 25.0 Å². The number of rotatable bonds is 5. The molecule has 0 atom stereocenters. The fraction of sp³-hybridized carbons (Fsp3) is 0.562. The van der Waals surface area contributed by atoms with E-state index < -0.39 is 0 Å². The summed E-state index contributed by atoms with van der Waals surface area (Å²) in [6, 6.07) is 10.5. The number of carbonyl (C=O) groups is 1. The SMILES string of the molecule is O=C(CNC1CC1)N1CCC(Oc2ccccc2)CC1. The molecule has 20 heavy (non-hydrogen) atoms. The highest BCUT2D eigenvalue weighted by Gasteiger charge is 2.26.